The van der Waals surface area contributed by atoms with Crippen molar-refractivity contribution >= 4 is 71.1 Å². The average Bonchev–Trinajstić information content (AvgIpc) is 3.89. The maximum absolute atomic E-state index is 10.8. The van der Waals surface area contributed by atoms with E-state index in [0.717, 1.165) is 82.8 Å². The minimum Gasteiger partial charge on any atom is -0.311 e. The molecular weight excluding hydrogens is 671 g/mol. The molecule has 0 aliphatic carbocycles. The van der Waals surface area contributed by atoms with Crippen LogP contribution in [0.1, 0.15) is 5.56 Å². The number of hydrogen-bond donors (Lipinski definition) is 0. The standard InChI is InChI=1S/C50H29N5/c1-52-41-20-13-26-47-49(41)40-18-6-11-25-46(40)53(47)33-28-29-34(32(30-33)31-51)35-14-2-9-23-44(35)55-45-24-10-5-17-38(45)39-19-12-27-48(50(39)55)54-42-21-7-3-15-36(42)37-16-4-8-22-43(37)54/h2-30H. The summed E-state index contributed by atoms with van der Waals surface area (Å²) in [6, 6.07) is 63.6. The summed E-state index contributed by atoms with van der Waals surface area (Å²) in [7, 11) is 0. The molecule has 0 bridgehead atoms. The van der Waals surface area contributed by atoms with Crippen LogP contribution in [0.15, 0.2) is 176 Å². The van der Waals surface area contributed by atoms with Crippen LogP contribution in [-0.2, 0) is 0 Å². The molecule has 0 aliphatic rings. The first-order chi connectivity index (χ1) is 27.2. The van der Waals surface area contributed by atoms with Crippen molar-refractivity contribution in [3.8, 4) is 34.3 Å². The monoisotopic (exact) mass is 699 g/mol. The van der Waals surface area contributed by atoms with Crippen molar-refractivity contribution in [3.63, 3.8) is 0 Å². The Morgan fingerprint density at radius 3 is 1.65 bits per heavy atom. The van der Waals surface area contributed by atoms with Gasteiger partial charge in [0, 0.05) is 49.3 Å². The lowest BCUT2D eigenvalue weighted by Gasteiger charge is -2.18. The van der Waals surface area contributed by atoms with Crippen molar-refractivity contribution in [2.24, 2.45) is 0 Å². The quantitative estimate of drug-likeness (QED) is 0.169. The molecule has 0 radical (unpaired) electrons. The minimum absolute atomic E-state index is 0.570. The zero-order valence-electron chi connectivity index (χ0n) is 29.5. The number of aromatic nitrogens is 3. The molecule has 55 heavy (non-hydrogen) atoms. The largest absolute Gasteiger partial charge is 0.311 e. The molecule has 0 atom stereocenters. The van der Waals surface area contributed by atoms with E-state index < -0.39 is 0 Å². The molecule has 0 aliphatic heterocycles. The van der Waals surface area contributed by atoms with Gasteiger partial charge in [-0.25, -0.2) is 4.85 Å². The van der Waals surface area contributed by atoms with E-state index in [4.69, 9.17) is 6.57 Å². The molecule has 0 amide bonds. The first kappa shape index (κ1) is 30.7. The van der Waals surface area contributed by atoms with Gasteiger partial charge >= 0.3 is 0 Å². The van der Waals surface area contributed by atoms with Crippen molar-refractivity contribution in [1.29, 1.82) is 5.26 Å². The number of nitrogens with zero attached hydrogens (tertiary/aromatic N) is 5. The Morgan fingerprint density at radius 2 is 0.964 bits per heavy atom. The maximum atomic E-state index is 10.8. The van der Waals surface area contributed by atoms with Crippen molar-refractivity contribution in [3.05, 3.63) is 193 Å². The normalized spacial score (nSPS) is 11.6. The van der Waals surface area contributed by atoms with Gasteiger partial charge in [-0.3, -0.25) is 0 Å². The van der Waals surface area contributed by atoms with Crippen LogP contribution in [0.2, 0.25) is 0 Å². The van der Waals surface area contributed by atoms with Gasteiger partial charge in [-0.05, 0) is 60.0 Å². The van der Waals surface area contributed by atoms with Gasteiger partial charge in [0.1, 0.15) is 0 Å². The molecule has 5 nitrogen and oxygen atoms in total. The molecule has 0 spiro atoms. The van der Waals surface area contributed by atoms with Gasteiger partial charge in [0.05, 0.1) is 57.2 Å². The molecule has 8 aromatic carbocycles. The van der Waals surface area contributed by atoms with E-state index in [2.05, 4.69) is 170 Å². The highest BCUT2D eigenvalue weighted by atomic mass is 15.1. The highest BCUT2D eigenvalue weighted by molar-refractivity contribution is 6.16. The summed E-state index contributed by atoms with van der Waals surface area (Å²) in [5.41, 5.74) is 12.4. The van der Waals surface area contributed by atoms with Crippen LogP contribution in [0.4, 0.5) is 5.69 Å². The Kier molecular flexibility index (Phi) is 6.61. The van der Waals surface area contributed by atoms with Gasteiger partial charge in [-0.15, -0.1) is 0 Å². The second kappa shape index (κ2) is 11.8. The molecule has 0 fully saturated rings. The third-order valence-corrected chi connectivity index (χ3v) is 11.1. The van der Waals surface area contributed by atoms with E-state index in [1.165, 1.54) is 10.8 Å². The lowest BCUT2D eigenvalue weighted by molar-refractivity contribution is 1.13. The fourth-order valence-corrected chi connectivity index (χ4v) is 8.88. The van der Waals surface area contributed by atoms with Crippen molar-refractivity contribution < 1.29 is 0 Å². The zero-order valence-corrected chi connectivity index (χ0v) is 29.5. The fraction of sp³-hybridized carbons (Fsp3) is 0. The predicted molar refractivity (Wildman–Crippen MR) is 226 cm³/mol. The van der Waals surface area contributed by atoms with Gasteiger partial charge in [-0.1, -0.05) is 121 Å². The molecule has 3 aromatic heterocycles. The van der Waals surface area contributed by atoms with Crippen LogP contribution in [0.3, 0.4) is 0 Å². The second-order valence-corrected chi connectivity index (χ2v) is 13.9. The first-order valence-electron chi connectivity index (χ1n) is 18.3. The van der Waals surface area contributed by atoms with E-state index in [1.807, 2.05) is 30.3 Å². The Morgan fingerprint density at radius 1 is 0.436 bits per heavy atom. The summed E-state index contributed by atoms with van der Waals surface area (Å²) in [4.78, 5) is 3.85. The molecule has 254 valence electrons. The summed E-state index contributed by atoms with van der Waals surface area (Å²) in [6.45, 7) is 7.88. The zero-order chi connectivity index (χ0) is 36.6. The predicted octanol–water partition coefficient (Wildman–Crippen LogP) is 13.1. The van der Waals surface area contributed by atoms with E-state index in [1.54, 1.807) is 0 Å². The molecule has 11 rings (SSSR count). The Hall–Kier alpha value is -7.86. The van der Waals surface area contributed by atoms with Crippen molar-refractivity contribution in [2.75, 3.05) is 0 Å². The smallest absolute Gasteiger partial charge is 0.197 e. The van der Waals surface area contributed by atoms with Gasteiger partial charge in [-0.2, -0.15) is 5.26 Å². The number of rotatable bonds is 4. The summed E-state index contributed by atoms with van der Waals surface area (Å²) in [5.74, 6) is 0. The molecule has 0 unspecified atom stereocenters. The summed E-state index contributed by atoms with van der Waals surface area (Å²) >= 11 is 0. The molecule has 0 saturated heterocycles. The number of fused-ring (bicyclic) bond motifs is 9. The highest BCUT2D eigenvalue weighted by Gasteiger charge is 2.22. The molecule has 11 aromatic rings. The van der Waals surface area contributed by atoms with Gasteiger partial charge in [0.2, 0.25) is 0 Å². The highest BCUT2D eigenvalue weighted by Crippen LogP contribution is 2.43. The minimum atomic E-state index is 0.570. The Bertz CT molecular complexity index is 3420. The third kappa shape index (κ3) is 4.33. The molecule has 0 N–H and O–H groups in total. The second-order valence-electron chi connectivity index (χ2n) is 13.9. The molecular formula is C50H29N5. The van der Waals surface area contributed by atoms with E-state index in [0.29, 0.717) is 11.3 Å². The van der Waals surface area contributed by atoms with Crippen LogP contribution in [0, 0.1) is 17.9 Å². The van der Waals surface area contributed by atoms with Crippen LogP contribution in [-0.4, -0.2) is 13.7 Å². The number of nitriles is 1. The van der Waals surface area contributed by atoms with Crippen LogP contribution < -0.4 is 0 Å². The van der Waals surface area contributed by atoms with Crippen LogP contribution in [0.25, 0.3) is 98.5 Å². The maximum Gasteiger partial charge on any atom is 0.197 e. The SMILES string of the molecule is [C-]#[N+]c1cccc2c1c1ccccc1n2-c1ccc(-c2ccccc2-n2c3ccccc3c3cccc(-n4c5ccccc5c5ccccc54)c32)c(C#N)c1. The van der Waals surface area contributed by atoms with E-state index >= 15 is 0 Å². The summed E-state index contributed by atoms with van der Waals surface area (Å²) in [6.07, 6.45) is 0. The van der Waals surface area contributed by atoms with Crippen molar-refractivity contribution in [1.82, 2.24) is 13.7 Å². The molecule has 5 heteroatoms. The van der Waals surface area contributed by atoms with Crippen molar-refractivity contribution in [2.45, 2.75) is 0 Å². The third-order valence-electron chi connectivity index (χ3n) is 11.1. The van der Waals surface area contributed by atoms with E-state index in [-0.39, 0.29) is 0 Å². The lowest BCUT2D eigenvalue weighted by Crippen LogP contribution is -2.03. The molecule has 0 saturated carbocycles. The fourth-order valence-electron chi connectivity index (χ4n) is 8.88. The van der Waals surface area contributed by atoms with E-state index in [9.17, 15) is 5.26 Å². The lowest BCUT2D eigenvalue weighted by atomic mass is 9.97. The Labute approximate surface area is 316 Å². The summed E-state index contributed by atoms with van der Waals surface area (Å²) < 4.78 is 6.94. The Balaban J connectivity index is 1.18. The van der Waals surface area contributed by atoms with Crippen LogP contribution in [0.5, 0.6) is 0 Å². The average molecular weight is 700 g/mol. The van der Waals surface area contributed by atoms with Gasteiger partial charge < -0.3 is 13.7 Å². The van der Waals surface area contributed by atoms with Gasteiger partial charge in [0.25, 0.3) is 0 Å². The number of benzene rings is 8. The topological polar surface area (TPSA) is 42.9 Å². The number of para-hydroxylation sites is 6. The molecule has 3 heterocycles. The summed E-state index contributed by atoms with van der Waals surface area (Å²) in [5, 5.41) is 17.5. The first-order valence-corrected chi connectivity index (χ1v) is 18.3. The van der Waals surface area contributed by atoms with Gasteiger partial charge in [0.15, 0.2) is 5.69 Å². The number of hydrogen-bond acceptors (Lipinski definition) is 1. The van der Waals surface area contributed by atoms with Crippen LogP contribution >= 0.6 is 0 Å².